The second-order valence-corrected chi connectivity index (χ2v) is 16.0. The predicted molar refractivity (Wildman–Crippen MR) is 254 cm³/mol. The maximum Gasteiger partial charge on any atom is 0.137 e. The number of nitrogens with zero attached hydrogens (tertiary/aromatic N) is 1. The minimum Gasteiger partial charge on any atom is -0.456 e. The zero-order valence-corrected chi connectivity index (χ0v) is 33.4. The molecule has 0 spiro atoms. The van der Waals surface area contributed by atoms with Crippen LogP contribution in [0.5, 0.6) is 0 Å². The second kappa shape index (κ2) is 14.1. The van der Waals surface area contributed by atoms with Crippen molar-refractivity contribution in [2.75, 3.05) is 4.90 Å². The number of rotatable bonds is 7. The topological polar surface area (TPSA) is 16.4 Å². The third-order valence-electron chi connectivity index (χ3n) is 12.7. The van der Waals surface area contributed by atoms with Crippen LogP contribution in [0, 0.1) is 0 Å². The molecule has 0 radical (unpaired) electrons. The second-order valence-electron chi connectivity index (χ2n) is 16.0. The molecule has 0 aliphatic heterocycles. The van der Waals surface area contributed by atoms with Gasteiger partial charge in [-0.25, -0.2) is 0 Å². The van der Waals surface area contributed by atoms with Crippen molar-refractivity contribution in [2.45, 2.75) is 5.41 Å². The van der Waals surface area contributed by atoms with Gasteiger partial charge in [0.2, 0.25) is 0 Å². The number of hydrogen-bond acceptors (Lipinski definition) is 2. The van der Waals surface area contributed by atoms with Gasteiger partial charge in [0.15, 0.2) is 0 Å². The first kappa shape index (κ1) is 35.0. The lowest BCUT2D eigenvalue weighted by Crippen LogP contribution is -2.28. The smallest absolute Gasteiger partial charge is 0.137 e. The van der Waals surface area contributed by atoms with Gasteiger partial charge in [0, 0.05) is 33.8 Å². The summed E-state index contributed by atoms with van der Waals surface area (Å²) in [6, 6.07) is 86.1. The molecular formula is C59H39NO. The molecule has 1 aromatic heterocycles. The minimum atomic E-state index is -0.533. The van der Waals surface area contributed by atoms with Crippen LogP contribution in [0.25, 0.3) is 66.1 Å². The quantitative estimate of drug-likeness (QED) is 0.160. The van der Waals surface area contributed by atoms with Crippen molar-refractivity contribution in [3.63, 3.8) is 0 Å². The van der Waals surface area contributed by atoms with E-state index in [2.05, 4.69) is 241 Å². The molecule has 61 heavy (non-hydrogen) atoms. The van der Waals surface area contributed by atoms with Crippen LogP contribution in [0.4, 0.5) is 17.1 Å². The van der Waals surface area contributed by atoms with Crippen molar-refractivity contribution in [1.82, 2.24) is 0 Å². The van der Waals surface area contributed by atoms with Crippen LogP contribution >= 0.6 is 0 Å². The van der Waals surface area contributed by atoms with E-state index in [1.54, 1.807) is 0 Å². The molecule has 1 aliphatic rings. The molecule has 0 saturated heterocycles. The average Bonchev–Trinajstić information content (AvgIpc) is 3.86. The van der Waals surface area contributed by atoms with Gasteiger partial charge in [-0.15, -0.1) is 0 Å². The lowest BCUT2D eigenvalue weighted by Gasteiger charge is -2.35. The molecule has 1 aliphatic carbocycles. The molecule has 0 bridgehead atoms. The third kappa shape index (κ3) is 5.50. The monoisotopic (exact) mass is 777 g/mol. The molecule has 10 aromatic carbocycles. The molecule has 0 fully saturated rings. The number of benzene rings is 10. The van der Waals surface area contributed by atoms with Crippen LogP contribution in [0.3, 0.4) is 0 Å². The molecule has 0 atom stereocenters. The van der Waals surface area contributed by atoms with E-state index in [4.69, 9.17) is 4.42 Å². The van der Waals surface area contributed by atoms with Gasteiger partial charge in [-0.05, 0) is 103 Å². The van der Waals surface area contributed by atoms with Gasteiger partial charge in [-0.1, -0.05) is 188 Å². The van der Waals surface area contributed by atoms with Gasteiger partial charge < -0.3 is 9.32 Å². The molecular weight excluding hydrogens is 739 g/mol. The first-order valence-electron chi connectivity index (χ1n) is 21.0. The van der Waals surface area contributed by atoms with Crippen LogP contribution in [-0.4, -0.2) is 0 Å². The SMILES string of the molecule is c1ccc(-c2ccc(N(c3ccc4c(c3)oc3ccc5ccccc5c34)c3cc4c(cc3-c3ccccc3)C(c3ccccc3)(c3ccccc3)c3ccccc3-4)cc2)cc1. The Morgan fingerprint density at radius 1 is 0.344 bits per heavy atom. The van der Waals surface area contributed by atoms with Crippen molar-refractivity contribution in [3.05, 3.63) is 259 Å². The van der Waals surface area contributed by atoms with E-state index in [0.717, 1.165) is 50.1 Å². The van der Waals surface area contributed by atoms with Gasteiger partial charge in [-0.2, -0.15) is 0 Å². The van der Waals surface area contributed by atoms with E-state index in [-0.39, 0.29) is 0 Å². The molecule has 2 nitrogen and oxygen atoms in total. The predicted octanol–water partition coefficient (Wildman–Crippen LogP) is 15.9. The normalized spacial score (nSPS) is 12.7. The van der Waals surface area contributed by atoms with E-state index in [0.29, 0.717) is 0 Å². The zero-order valence-electron chi connectivity index (χ0n) is 33.4. The summed E-state index contributed by atoms with van der Waals surface area (Å²) in [5.41, 5.74) is 16.5. The van der Waals surface area contributed by atoms with E-state index >= 15 is 0 Å². The summed E-state index contributed by atoms with van der Waals surface area (Å²) >= 11 is 0. The fourth-order valence-electron chi connectivity index (χ4n) is 10.0. The molecule has 0 N–H and O–H groups in total. The Labute approximate surface area is 355 Å². The molecule has 1 heterocycles. The molecule has 12 rings (SSSR count). The number of furan rings is 1. The lowest BCUT2D eigenvalue weighted by atomic mass is 9.67. The van der Waals surface area contributed by atoms with Gasteiger partial charge in [0.05, 0.1) is 11.1 Å². The zero-order chi connectivity index (χ0) is 40.3. The minimum absolute atomic E-state index is 0.533. The summed E-state index contributed by atoms with van der Waals surface area (Å²) < 4.78 is 6.73. The van der Waals surface area contributed by atoms with Crippen molar-refractivity contribution in [3.8, 4) is 33.4 Å². The van der Waals surface area contributed by atoms with Crippen molar-refractivity contribution < 1.29 is 4.42 Å². The Kier molecular flexibility index (Phi) is 8.11. The van der Waals surface area contributed by atoms with Crippen LogP contribution in [0.2, 0.25) is 0 Å². The van der Waals surface area contributed by atoms with Crippen molar-refractivity contribution in [1.29, 1.82) is 0 Å². The Bertz CT molecular complexity index is 3350. The standard InChI is InChI=1S/C59H39NO/c1-5-17-40(18-6-1)41-29-32-46(33-30-41)60(47-34-35-50-57(37-47)61-56-36-31-43-21-13-14-26-48(43)58(50)56)55-39-52-49-27-15-16-28-53(49)59(44-22-9-3-10-23-44,45-24-11-4-12-25-45)54(52)38-51(55)42-19-7-2-8-20-42/h1-39H. The van der Waals surface area contributed by atoms with Crippen LogP contribution in [0.1, 0.15) is 22.3 Å². The highest BCUT2D eigenvalue weighted by molar-refractivity contribution is 6.19. The fraction of sp³-hybridized carbons (Fsp3) is 0.0169. The Morgan fingerprint density at radius 2 is 0.934 bits per heavy atom. The van der Waals surface area contributed by atoms with Crippen molar-refractivity contribution >= 4 is 49.8 Å². The summed E-state index contributed by atoms with van der Waals surface area (Å²) in [6.07, 6.45) is 0. The van der Waals surface area contributed by atoms with Crippen LogP contribution in [-0.2, 0) is 5.41 Å². The highest BCUT2D eigenvalue weighted by atomic mass is 16.3. The Morgan fingerprint density at radius 3 is 1.66 bits per heavy atom. The molecule has 0 unspecified atom stereocenters. The van der Waals surface area contributed by atoms with Crippen LogP contribution in [0.15, 0.2) is 241 Å². The van der Waals surface area contributed by atoms with E-state index in [1.165, 1.54) is 55.3 Å². The molecule has 0 saturated carbocycles. The number of fused-ring (bicyclic) bond motifs is 8. The molecule has 2 heteroatoms. The highest BCUT2D eigenvalue weighted by Gasteiger charge is 2.46. The largest absolute Gasteiger partial charge is 0.456 e. The maximum absolute atomic E-state index is 6.73. The Balaban J connectivity index is 1.16. The van der Waals surface area contributed by atoms with Crippen molar-refractivity contribution in [2.24, 2.45) is 0 Å². The van der Waals surface area contributed by atoms with E-state index in [1.807, 2.05) is 0 Å². The summed E-state index contributed by atoms with van der Waals surface area (Å²) in [6.45, 7) is 0. The van der Waals surface area contributed by atoms with Gasteiger partial charge in [0.1, 0.15) is 11.2 Å². The summed E-state index contributed by atoms with van der Waals surface area (Å²) in [5, 5.41) is 4.66. The first-order valence-corrected chi connectivity index (χ1v) is 21.0. The van der Waals surface area contributed by atoms with Gasteiger partial charge in [0.25, 0.3) is 0 Å². The maximum atomic E-state index is 6.73. The first-order chi connectivity index (χ1) is 30.3. The highest BCUT2D eigenvalue weighted by Crippen LogP contribution is 2.59. The average molecular weight is 778 g/mol. The molecule has 11 aromatic rings. The van der Waals surface area contributed by atoms with Gasteiger partial charge in [-0.3, -0.25) is 0 Å². The number of anilines is 3. The fourth-order valence-corrected chi connectivity index (χ4v) is 10.0. The summed E-state index contributed by atoms with van der Waals surface area (Å²) in [4.78, 5) is 2.43. The Hall–Kier alpha value is -7.94. The molecule has 286 valence electrons. The van der Waals surface area contributed by atoms with Gasteiger partial charge >= 0.3 is 0 Å². The van der Waals surface area contributed by atoms with Crippen LogP contribution < -0.4 is 4.90 Å². The van der Waals surface area contributed by atoms with E-state index < -0.39 is 5.41 Å². The molecule has 0 amide bonds. The lowest BCUT2D eigenvalue weighted by molar-refractivity contribution is 0.669. The number of hydrogen-bond donors (Lipinski definition) is 0. The summed E-state index contributed by atoms with van der Waals surface area (Å²) in [5.74, 6) is 0. The summed E-state index contributed by atoms with van der Waals surface area (Å²) in [7, 11) is 0. The third-order valence-corrected chi connectivity index (χ3v) is 12.7. The van der Waals surface area contributed by atoms with E-state index in [9.17, 15) is 0 Å².